The Morgan fingerprint density at radius 2 is 2.05 bits per heavy atom. The molecule has 0 atom stereocenters. The number of benzene rings is 1. The van der Waals surface area contributed by atoms with Gasteiger partial charge in [0.15, 0.2) is 0 Å². The van der Waals surface area contributed by atoms with Gasteiger partial charge in [0.2, 0.25) is 0 Å². The number of hydrogen-bond acceptors (Lipinski definition) is 3. The SMILES string of the molecule is CCn1nc(-c2cccs2)cc1C(=O)Nc1ccccc1. The average molecular weight is 297 g/mol. The Bertz CT molecular complexity index is 732. The molecule has 0 saturated heterocycles. The molecule has 0 unspecified atom stereocenters. The van der Waals surface area contributed by atoms with E-state index < -0.39 is 0 Å². The summed E-state index contributed by atoms with van der Waals surface area (Å²) in [6.07, 6.45) is 0. The third-order valence-corrected chi connectivity index (χ3v) is 4.01. The lowest BCUT2D eigenvalue weighted by molar-refractivity contribution is 0.101. The highest BCUT2D eigenvalue weighted by Gasteiger charge is 2.16. The van der Waals surface area contributed by atoms with E-state index in [0.29, 0.717) is 12.2 Å². The minimum atomic E-state index is -0.140. The fourth-order valence-corrected chi connectivity index (χ4v) is 2.78. The summed E-state index contributed by atoms with van der Waals surface area (Å²) in [4.78, 5) is 13.5. The van der Waals surface area contributed by atoms with Crippen molar-refractivity contribution < 1.29 is 4.79 Å². The van der Waals surface area contributed by atoms with Gasteiger partial charge in [0.05, 0.1) is 4.88 Å². The second-order valence-electron chi connectivity index (χ2n) is 4.53. The zero-order valence-corrected chi connectivity index (χ0v) is 12.4. The van der Waals surface area contributed by atoms with E-state index in [1.165, 1.54) is 0 Å². The van der Waals surface area contributed by atoms with Crippen molar-refractivity contribution in [2.24, 2.45) is 0 Å². The highest BCUT2D eigenvalue weighted by molar-refractivity contribution is 7.13. The first-order valence-electron chi connectivity index (χ1n) is 6.76. The monoisotopic (exact) mass is 297 g/mol. The van der Waals surface area contributed by atoms with Gasteiger partial charge in [-0.2, -0.15) is 5.10 Å². The molecule has 0 fully saturated rings. The first-order valence-corrected chi connectivity index (χ1v) is 7.64. The zero-order chi connectivity index (χ0) is 14.7. The van der Waals surface area contributed by atoms with Gasteiger partial charge in [0.25, 0.3) is 5.91 Å². The van der Waals surface area contributed by atoms with Crippen LogP contribution in [-0.2, 0) is 6.54 Å². The lowest BCUT2D eigenvalue weighted by atomic mass is 10.2. The van der Waals surface area contributed by atoms with Crippen molar-refractivity contribution in [3.63, 3.8) is 0 Å². The molecular formula is C16H15N3OS. The molecule has 5 heteroatoms. The maximum Gasteiger partial charge on any atom is 0.273 e. The normalized spacial score (nSPS) is 10.5. The van der Waals surface area contributed by atoms with Crippen LogP contribution in [0.5, 0.6) is 0 Å². The Kier molecular flexibility index (Phi) is 3.83. The average Bonchev–Trinajstić information content (AvgIpc) is 3.17. The molecule has 2 heterocycles. The number of amides is 1. The second kappa shape index (κ2) is 5.93. The molecule has 21 heavy (non-hydrogen) atoms. The van der Waals surface area contributed by atoms with Gasteiger partial charge in [-0.05, 0) is 36.6 Å². The molecule has 1 amide bonds. The summed E-state index contributed by atoms with van der Waals surface area (Å²) in [7, 11) is 0. The van der Waals surface area contributed by atoms with Gasteiger partial charge in [0, 0.05) is 12.2 Å². The van der Waals surface area contributed by atoms with Crippen LogP contribution in [0.4, 0.5) is 5.69 Å². The van der Waals surface area contributed by atoms with Crippen molar-refractivity contribution in [2.75, 3.05) is 5.32 Å². The van der Waals surface area contributed by atoms with E-state index in [-0.39, 0.29) is 5.91 Å². The highest BCUT2D eigenvalue weighted by atomic mass is 32.1. The summed E-state index contributed by atoms with van der Waals surface area (Å²) in [6.45, 7) is 2.63. The zero-order valence-electron chi connectivity index (χ0n) is 11.6. The van der Waals surface area contributed by atoms with Crippen LogP contribution in [0.1, 0.15) is 17.4 Å². The van der Waals surface area contributed by atoms with Crippen molar-refractivity contribution in [2.45, 2.75) is 13.5 Å². The lowest BCUT2D eigenvalue weighted by Gasteiger charge is -2.06. The quantitative estimate of drug-likeness (QED) is 0.794. The van der Waals surface area contributed by atoms with Gasteiger partial charge in [0.1, 0.15) is 11.4 Å². The third kappa shape index (κ3) is 2.87. The largest absolute Gasteiger partial charge is 0.321 e. The van der Waals surface area contributed by atoms with Crippen LogP contribution in [0, 0.1) is 0 Å². The van der Waals surface area contributed by atoms with Crippen LogP contribution < -0.4 is 5.32 Å². The number of anilines is 1. The Balaban J connectivity index is 1.89. The number of carbonyl (C=O) groups excluding carboxylic acids is 1. The van der Waals surface area contributed by atoms with Crippen LogP contribution in [0.2, 0.25) is 0 Å². The molecule has 3 rings (SSSR count). The lowest BCUT2D eigenvalue weighted by Crippen LogP contribution is -2.17. The van der Waals surface area contributed by atoms with E-state index in [1.54, 1.807) is 16.0 Å². The van der Waals surface area contributed by atoms with Crippen molar-refractivity contribution in [3.05, 3.63) is 59.6 Å². The number of nitrogens with one attached hydrogen (secondary N) is 1. The number of aromatic nitrogens is 2. The van der Waals surface area contributed by atoms with E-state index in [2.05, 4.69) is 10.4 Å². The van der Waals surface area contributed by atoms with E-state index >= 15 is 0 Å². The first-order chi connectivity index (χ1) is 10.3. The maximum absolute atomic E-state index is 12.4. The summed E-state index contributed by atoms with van der Waals surface area (Å²) in [5.74, 6) is -0.140. The Hall–Kier alpha value is -2.40. The number of nitrogens with zero attached hydrogens (tertiary/aromatic N) is 2. The molecule has 0 spiro atoms. The number of hydrogen-bond donors (Lipinski definition) is 1. The molecule has 3 aromatic rings. The van der Waals surface area contributed by atoms with E-state index in [0.717, 1.165) is 16.3 Å². The number of para-hydroxylation sites is 1. The summed E-state index contributed by atoms with van der Waals surface area (Å²) in [5.41, 5.74) is 2.19. The fraction of sp³-hybridized carbons (Fsp3) is 0.125. The Labute approximate surface area is 127 Å². The molecular weight excluding hydrogens is 282 g/mol. The molecule has 106 valence electrons. The standard InChI is InChI=1S/C16H15N3OS/c1-2-19-14(11-13(18-19)15-9-6-10-21-15)16(20)17-12-7-4-3-5-8-12/h3-11H,2H2,1H3,(H,17,20). The molecule has 1 aromatic carbocycles. The Morgan fingerprint density at radius 3 is 2.71 bits per heavy atom. The van der Waals surface area contributed by atoms with Crippen molar-refractivity contribution >= 4 is 22.9 Å². The number of thiophene rings is 1. The van der Waals surface area contributed by atoms with Gasteiger partial charge in [-0.15, -0.1) is 11.3 Å². The van der Waals surface area contributed by atoms with Gasteiger partial charge in [-0.25, -0.2) is 0 Å². The molecule has 0 aliphatic carbocycles. The smallest absolute Gasteiger partial charge is 0.273 e. The fourth-order valence-electron chi connectivity index (χ4n) is 2.10. The summed E-state index contributed by atoms with van der Waals surface area (Å²) in [6, 6.07) is 15.3. The van der Waals surface area contributed by atoms with Gasteiger partial charge >= 0.3 is 0 Å². The molecule has 2 aromatic heterocycles. The van der Waals surface area contributed by atoms with Crippen LogP contribution in [0.3, 0.4) is 0 Å². The molecule has 0 bridgehead atoms. The summed E-state index contributed by atoms with van der Waals surface area (Å²) < 4.78 is 1.73. The van der Waals surface area contributed by atoms with Crippen molar-refractivity contribution in [1.82, 2.24) is 9.78 Å². The van der Waals surface area contributed by atoms with E-state index in [9.17, 15) is 4.79 Å². The topological polar surface area (TPSA) is 46.9 Å². The predicted molar refractivity (Wildman–Crippen MR) is 85.6 cm³/mol. The molecule has 0 radical (unpaired) electrons. The molecule has 4 nitrogen and oxygen atoms in total. The number of carbonyl (C=O) groups is 1. The minimum Gasteiger partial charge on any atom is -0.321 e. The highest BCUT2D eigenvalue weighted by Crippen LogP contribution is 2.24. The number of aryl methyl sites for hydroxylation is 1. The molecule has 0 saturated carbocycles. The first kappa shape index (κ1) is 13.6. The molecule has 0 aliphatic rings. The second-order valence-corrected chi connectivity index (χ2v) is 5.48. The van der Waals surface area contributed by atoms with Crippen molar-refractivity contribution in [3.8, 4) is 10.6 Å². The van der Waals surface area contributed by atoms with Gasteiger partial charge < -0.3 is 5.32 Å². The third-order valence-electron chi connectivity index (χ3n) is 3.12. The Morgan fingerprint density at radius 1 is 1.24 bits per heavy atom. The minimum absolute atomic E-state index is 0.140. The van der Waals surface area contributed by atoms with Gasteiger partial charge in [-0.3, -0.25) is 9.48 Å². The van der Waals surface area contributed by atoms with E-state index in [4.69, 9.17) is 0 Å². The summed E-state index contributed by atoms with van der Waals surface area (Å²) >= 11 is 1.62. The van der Waals surface area contributed by atoms with Crippen molar-refractivity contribution in [1.29, 1.82) is 0 Å². The molecule has 0 aliphatic heterocycles. The van der Waals surface area contributed by atoms with E-state index in [1.807, 2.05) is 60.8 Å². The molecule has 1 N–H and O–H groups in total. The van der Waals surface area contributed by atoms with Crippen LogP contribution in [0.25, 0.3) is 10.6 Å². The maximum atomic E-state index is 12.4. The van der Waals surface area contributed by atoms with Crippen LogP contribution >= 0.6 is 11.3 Å². The van der Waals surface area contributed by atoms with Crippen LogP contribution in [0.15, 0.2) is 53.9 Å². The predicted octanol–water partition coefficient (Wildman–Crippen LogP) is 3.88. The number of rotatable bonds is 4. The van der Waals surface area contributed by atoms with Gasteiger partial charge in [-0.1, -0.05) is 24.3 Å². The van der Waals surface area contributed by atoms with Crippen LogP contribution in [-0.4, -0.2) is 15.7 Å². The summed E-state index contributed by atoms with van der Waals surface area (Å²) in [5, 5.41) is 9.40.